The number of rotatable bonds is 3. The highest BCUT2D eigenvalue weighted by Crippen LogP contribution is 2.37. The molecule has 2 rings (SSSR count). The molecule has 1 fully saturated rings. The maximum absolute atomic E-state index is 13.9. The third kappa shape index (κ3) is 2.49. The van der Waals surface area contributed by atoms with Crippen LogP contribution in [0.4, 0.5) is 14.5 Å². The lowest BCUT2D eigenvalue weighted by atomic mass is 9.82. The van der Waals surface area contributed by atoms with E-state index in [1.54, 1.807) is 4.90 Å². The molecule has 1 aromatic rings. The second-order valence-corrected chi connectivity index (χ2v) is 5.54. The predicted molar refractivity (Wildman–Crippen MR) is 74.3 cm³/mol. The van der Waals surface area contributed by atoms with Crippen molar-refractivity contribution in [2.75, 3.05) is 18.8 Å². The van der Waals surface area contributed by atoms with E-state index in [2.05, 4.69) is 13.8 Å². The number of carbonyl (C=O) groups excluding carboxylic acids is 1. The van der Waals surface area contributed by atoms with Gasteiger partial charge in [-0.15, -0.1) is 0 Å². The highest BCUT2D eigenvalue weighted by molar-refractivity contribution is 5.95. The average molecular weight is 282 g/mol. The van der Waals surface area contributed by atoms with Gasteiger partial charge in [0.2, 0.25) is 0 Å². The highest BCUT2D eigenvalue weighted by Gasteiger charge is 2.38. The molecular weight excluding hydrogens is 262 g/mol. The van der Waals surface area contributed by atoms with Gasteiger partial charge >= 0.3 is 0 Å². The van der Waals surface area contributed by atoms with Gasteiger partial charge in [-0.1, -0.05) is 13.8 Å². The summed E-state index contributed by atoms with van der Waals surface area (Å²) in [7, 11) is 0. The molecule has 20 heavy (non-hydrogen) atoms. The highest BCUT2D eigenvalue weighted by atomic mass is 19.1. The Bertz CT molecular complexity index is 527. The fraction of sp³-hybridized carbons (Fsp3) is 0.533. The number of likely N-dealkylation sites (tertiary alicyclic amines) is 1. The van der Waals surface area contributed by atoms with E-state index in [9.17, 15) is 13.6 Å². The van der Waals surface area contributed by atoms with E-state index in [-0.39, 0.29) is 16.7 Å². The van der Waals surface area contributed by atoms with Gasteiger partial charge in [-0.2, -0.15) is 0 Å². The van der Waals surface area contributed by atoms with Gasteiger partial charge in [0.25, 0.3) is 5.91 Å². The number of amides is 1. The summed E-state index contributed by atoms with van der Waals surface area (Å²) >= 11 is 0. The quantitative estimate of drug-likeness (QED) is 0.865. The van der Waals surface area contributed by atoms with Gasteiger partial charge in [0.05, 0.1) is 11.3 Å². The summed E-state index contributed by atoms with van der Waals surface area (Å²) in [4.78, 5) is 14.0. The minimum atomic E-state index is -0.832. The lowest BCUT2D eigenvalue weighted by molar-refractivity contribution is 0.0765. The van der Waals surface area contributed by atoms with Crippen molar-refractivity contribution in [3.05, 3.63) is 29.3 Å². The lowest BCUT2D eigenvalue weighted by Gasteiger charge is -2.26. The Balaban J connectivity index is 2.26. The molecule has 0 aliphatic carbocycles. The van der Waals surface area contributed by atoms with Crippen molar-refractivity contribution in [3.8, 4) is 0 Å². The maximum Gasteiger partial charge on any atom is 0.257 e. The largest absolute Gasteiger partial charge is 0.396 e. The van der Waals surface area contributed by atoms with E-state index < -0.39 is 17.5 Å². The first kappa shape index (κ1) is 14.8. The molecular formula is C15H20F2N2O. The van der Waals surface area contributed by atoms with Gasteiger partial charge in [0, 0.05) is 13.1 Å². The van der Waals surface area contributed by atoms with Crippen LogP contribution in [0.15, 0.2) is 12.1 Å². The summed E-state index contributed by atoms with van der Waals surface area (Å²) in [5.74, 6) is -2.00. The van der Waals surface area contributed by atoms with E-state index in [1.807, 2.05) is 0 Å². The Kier molecular flexibility index (Phi) is 3.97. The molecule has 1 heterocycles. The fourth-order valence-corrected chi connectivity index (χ4v) is 2.87. The molecule has 0 saturated carbocycles. The van der Waals surface area contributed by atoms with Crippen molar-refractivity contribution in [1.82, 2.24) is 4.90 Å². The molecule has 1 aliphatic heterocycles. The number of hydrogen-bond donors (Lipinski definition) is 1. The van der Waals surface area contributed by atoms with Gasteiger partial charge in [-0.25, -0.2) is 8.78 Å². The number of nitrogens with two attached hydrogens (primary N) is 1. The number of nitrogens with zero attached hydrogens (tertiary/aromatic N) is 1. The van der Waals surface area contributed by atoms with Crippen LogP contribution in [0.5, 0.6) is 0 Å². The summed E-state index contributed by atoms with van der Waals surface area (Å²) in [5.41, 5.74) is 4.88. The summed E-state index contributed by atoms with van der Waals surface area (Å²) in [6.07, 6.45) is 2.85. The Labute approximate surface area is 117 Å². The molecule has 1 amide bonds. The topological polar surface area (TPSA) is 46.3 Å². The number of benzene rings is 1. The number of hydrogen-bond acceptors (Lipinski definition) is 2. The summed E-state index contributed by atoms with van der Waals surface area (Å²) < 4.78 is 27.2. The first-order valence-corrected chi connectivity index (χ1v) is 6.96. The van der Waals surface area contributed by atoms with Crippen LogP contribution >= 0.6 is 0 Å². The third-order valence-corrected chi connectivity index (χ3v) is 4.52. The molecule has 110 valence electrons. The van der Waals surface area contributed by atoms with Gasteiger partial charge in [-0.3, -0.25) is 4.79 Å². The van der Waals surface area contributed by atoms with Gasteiger partial charge in [0.15, 0.2) is 5.82 Å². The summed E-state index contributed by atoms with van der Waals surface area (Å²) in [5, 5.41) is 0. The van der Waals surface area contributed by atoms with Crippen LogP contribution < -0.4 is 5.73 Å². The maximum atomic E-state index is 13.9. The predicted octanol–water partition coefficient (Wildman–Crippen LogP) is 3.20. The van der Waals surface area contributed by atoms with Crippen molar-refractivity contribution in [1.29, 1.82) is 0 Å². The van der Waals surface area contributed by atoms with Crippen molar-refractivity contribution in [3.63, 3.8) is 0 Å². The van der Waals surface area contributed by atoms with E-state index in [4.69, 9.17) is 5.73 Å². The van der Waals surface area contributed by atoms with Crippen LogP contribution in [0.2, 0.25) is 0 Å². The zero-order valence-electron chi connectivity index (χ0n) is 11.9. The summed E-state index contributed by atoms with van der Waals surface area (Å²) in [6.45, 7) is 5.36. The Morgan fingerprint density at radius 3 is 2.55 bits per heavy atom. The monoisotopic (exact) mass is 282 g/mol. The van der Waals surface area contributed by atoms with Crippen molar-refractivity contribution < 1.29 is 13.6 Å². The standard InChI is InChI=1S/C15H20F2N2O/c1-3-15(4-2)5-6-19(9-15)14(20)11-7-10(16)8-12(18)13(11)17/h7-8H,3-6,9,18H2,1-2H3. The number of carbonyl (C=O) groups is 1. The third-order valence-electron chi connectivity index (χ3n) is 4.52. The number of halogens is 2. The molecule has 0 aromatic heterocycles. The fourth-order valence-electron chi connectivity index (χ4n) is 2.87. The Morgan fingerprint density at radius 2 is 2.00 bits per heavy atom. The van der Waals surface area contributed by atoms with Gasteiger partial charge in [-0.05, 0) is 36.8 Å². The van der Waals surface area contributed by atoms with Crippen LogP contribution in [0.1, 0.15) is 43.5 Å². The Hall–Kier alpha value is -1.65. The first-order valence-electron chi connectivity index (χ1n) is 6.96. The normalized spacial score (nSPS) is 17.5. The van der Waals surface area contributed by atoms with Crippen LogP contribution in [0, 0.1) is 17.0 Å². The van der Waals surface area contributed by atoms with Crippen LogP contribution in [-0.2, 0) is 0 Å². The SMILES string of the molecule is CCC1(CC)CCN(C(=O)c2cc(F)cc(N)c2F)C1. The molecule has 5 heteroatoms. The smallest absolute Gasteiger partial charge is 0.257 e. The van der Waals surface area contributed by atoms with Gasteiger partial charge in [0.1, 0.15) is 5.82 Å². The zero-order valence-corrected chi connectivity index (χ0v) is 11.9. The first-order chi connectivity index (χ1) is 9.42. The molecule has 2 N–H and O–H groups in total. The minimum absolute atomic E-state index is 0.102. The Morgan fingerprint density at radius 1 is 1.35 bits per heavy atom. The van der Waals surface area contributed by atoms with Crippen LogP contribution in [0.25, 0.3) is 0 Å². The molecule has 0 radical (unpaired) electrons. The second-order valence-electron chi connectivity index (χ2n) is 5.54. The van der Waals surface area contributed by atoms with E-state index in [0.29, 0.717) is 13.1 Å². The van der Waals surface area contributed by atoms with Crippen molar-refractivity contribution >= 4 is 11.6 Å². The molecule has 1 aromatic carbocycles. The van der Waals surface area contributed by atoms with E-state index in [1.165, 1.54) is 0 Å². The molecule has 0 spiro atoms. The molecule has 1 saturated heterocycles. The lowest BCUT2D eigenvalue weighted by Crippen LogP contribution is -2.32. The van der Waals surface area contributed by atoms with Crippen molar-refractivity contribution in [2.24, 2.45) is 5.41 Å². The van der Waals surface area contributed by atoms with Crippen LogP contribution in [-0.4, -0.2) is 23.9 Å². The number of nitrogen functional groups attached to an aromatic ring is 1. The zero-order chi connectivity index (χ0) is 14.9. The molecule has 0 bridgehead atoms. The summed E-state index contributed by atoms with van der Waals surface area (Å²) in [6, 6.07) is 1.81. The molecule has 0 atom stereocenters. The van der Waals surface area contributed by atoms with E-state index in [0.717, 1.165) is 31.4 Å². The molecule has 0 unspecified atom stereocenters. The number of anilines is 1. The van der Waals surface area contributed by atoms with Gasteiger partial charge < -0.3 is 10.6 Å². The molecule has 3 nitrogen and oxygen atoms in total. The van der Waals surface area contributed by atoms with Crippen LogP contribution in [0.3, 0.4) is 0 Å². The average Bonchev–Trinajstić information content (AvgIpc) is 2.87. The van der Waals surface area contributed by atoms with E-state index >= 15 is 0 Å². The van der Waals surface area contributed by atoms with Crippen molar-refractivity contribution in [2.45, 2.75) is 33.1 Å². The second kappa shape index (κ2) is 5.38. The molecule has 1 aliphatic rings. The minimum Gasteiger partial charge on any atom is -0.396 e.